The van der Waals surface area contributed by atoms with Gasteiger partial charge in [0.15, 0.2) is 0 Å². The summed E-state index contributed by atoms with van der Waals surface area (Å²) in [5.41, 5.74) is 1.06. The highest BCUT2D eigenvalue weighted by atomic mass is 79.9. The molecule has 0 amide bonds. The summed E-state index contributed by atoms with van der Waals surface area (Å²) in [6.45, 7) is 0.776. The molecule has 6 heteroatoms. The number of rotatable bonds is 4. The first-order valence-electron chi connectivity index (χ1n) is 4.94. The molecule has 0 unspecified atom stereocenters. The molecule has 0 aromatic carbocycles. The molecule has 16 heavy (non-hydrogen) atoms. The van der Waals surface area contributed by atoms with Crippen LogP contribution in [0.15, 0.2) is 29.1 Å². The first kappa shape index (κ1) is 11.1. The topological polar surface area (TPSA) is 55.6 Å². The predicted octanol–water partition coefficient (Wildman–Crippen LogP) is 1.63. The van der Waals surface area contributed by atoms with Crippen LogP contribution in [0.3, 0.4) is 0 Å². The Bertz CT molecular complexity index is 450. The van der Waals surface area contributed by atoms with Crippen molar-refractivity contribution in [3.63, 3.8) is 0 Å². The van der Waals surface area contributed by atoms with Gasteiger partial charge in [0.2, 0.25) is 5.95 Å². The molecular weight excluding hydrogens is 270 g/mol. The quantitative estimate of drug-likeness (QED) is 0.926. The molecule has 0 fully saturated rings. The third kappa shape index (κ3) is 3.03. The van der Waals surface area contributed by atoms with Crippen LogP contribution in [0.2, 0.25) is 0 Å². The molecule has 2 aromatic rings. The van der Waals surface area contributed by atoms with Crippen molar-refractivity contribution in [2.45, 2.75) is 6.42 Å². The largest absolute Gasteiger partial charge is 0.354 e. The van der Waals surface area contributed by atoms with Gasteiger partial charge in [0, 0.05) is 38.6 Å². The second-order valence-corrected chi connectivity index (χ2v) is 4.30. The lowest BCUT2D eigenvalue weighted by molar-refractivity contribution is 0.741. The van der Waals surface area contributed by atoms with E-state index in [1.54, 1.807) is 17.1 Å². The molecule has 2 heterocycles. The van der Waals surface area contributed by atoms with Gasteiger partial charge < -0.3 is 5.32 Å². The van der Waals surface area contributed by atoms with Crippen molar-refractivity contribution >= 4 is 21.9 Å². The Balaban J connectivity index is 1.82. The zero-order chi connectivity index (χ0) is 11.4. The fourth-order valence-electron chi connectivity index (χ4n) is 1.30. The summed E-state index contributed by atoms with van der Waals surface area (Å²) in [5, 5.41) is 7.42. The molecule has 0 atom stereocenters. The van der Waals surface area contributed by atoms with E-state index in [1.807, 2.05) is 19.3 Å². The van der Waals surface area contributed by atoms with Crippen LogP contribution in [-0.4, -0.2) is 26.3 Å². The summed E-state index contributed by atoms with van der Waals surface area (Å²) in [5.74, 6) is 0.638. The van der Waals surface area contributed by atoms with E-state index < -0.39 is 0 Å². The number of aryl methyl sites for hydroxylation is 1. The van der Waals surface area contributed by atoms with Gasteiger partial charge in [0.1, 0.15) is 0 Å². The summed E-state index contributed by atoms with van der Waals surface area (Å²) in [6, 6.07) is 2.00. The number of aromatic nitrogens is 4. The van der Waals surface area contributed by atoms with Crippen LogP contribution in [0, 0.1) is 0 Å². The van der Waals surface area contributed by atoms with Crippen molar-refractivity contribution in [3.05, 3.63) is 34.8 Å². The Morgan fingerprint density at radius 2 is 2.12 bits per heavy atom. The minimum atomic E-state index is 0.638. The average molecular weight is 282 g/mol. The predicted molar refractivity (Wildman–Crippen MR) is 65.1 cm³/mol. The fourth-order valence-corrected chi connectivity index (χ4v) is 1.51. The lowest BCUT2D eigenvalue weighted by atomic mass is 10.3. The van der Waals surface area contributed by atoms with Gasteiger partial charge in [0.25, 0.3) is 0 Å². The van der Waals surface area contributed by atoms with E-state index in [1.165, 1.54) is 0 Å². The monoisotopic (exact) mass is 281 g/mol. The highest BCUT2D eigenvalue weighted by Gasteiger charge is 1.98. The standard InChI is InChI=1S/C10H12BrN5/c1-16-5-3-9(15-16)2-4-12-10-13-6-8(11)7-14-10/h3,5-7H,2,4H2,1H3,(H,12,13,14). The van der Waals surface area contributed by atoms with Crippen molar-refractivity contribution in [3.8, 4) is 0 Å². The Kier molecular flexibility index (Phi) is 3.51. The molecule has 5 nitrogen and oxygen atoms in total. The van der Waals surface area contributed by atoms with Crippen LogP contribution in [0.1, 0.15) is 5.69 Å². The molecule has 0 aliphatic heterocycles. The van der Waals surface area contributed by atoms with Crippen molar-refractivity contribution in [1.29, 1.82) is 0 Å². The van der Waals surface area contributed by atoms with Crippen molar-refractivity contribution in [1.82, 2.24) is 19.7 Å². The van der Waals surface area contributed by atoms with Gasteiger partial charge >= 0.3 is 0 Å². The van der Waals surface area contributed by atoms with Gasteiger partial charge in [-0.1, -0.05) is 0 Å². The molecule has 0 saturated heterocycles. The molecule has 0 aliphatic rings. The molecule has 0 radical (unpaired) electrons. The third-order valence-corrected chi connectivity index (χ3v) is 2.46. The van der Waals surface area contributed by atoms with E-state index in [4.69, 9.17) is 0 Å². The molecule has 0 saturated carbocycles. The van der Waals surface area contributed by atoms with E-state index in [9.17, 15) is 0 Å². The maximum absolute atomic E-state index is 4.28. The number of nitrogens with one attached hydrogen (secondary N) is 1. The van der Waals surface area contributed by atoms with Crippen molar-refractivity contribution in [2.75, 3.05) is 11.9 Å². The molecule has 0 spiro atoms. The average Bonchev–Trinajstić information content (AvgIpc) is 2.67. The summed E-state index contributed by atoms with van der Waals surface area (Å²) in [4.78, 5) is 8.24. The van der Waals surface area contributed by atoms with Gasteiger partial charge in [-0.3, -0.25) is 4.68 Å². The minimum Gasteiger partial charge on any atom is -0.354 e. The SMILES string of the molecule is Cn1ccc(CCNc2ncc(Br)cn2)n1. The third-order valence-electron chi connectivity index (χ3n) is 2.05. The van der Waals surface area contributed by atoms with Crippen LogP contribution in [0.5, 0.6) is 0 Å². The summed E-state index contributed by atoms with van der Waals surface area (Å²) in [7, 11) is 1.91. The summed E-state index contributed by atoms with van der Waals surface area (Å²) >= 11 is 3.29. The lowest BCUT2D eigenvalue weighted by Gasteiger charge is -2.02. The van der Waals surface area contributed by atoms with Crippen LogP contribution in [0.4, 0.5) is 5.95 Å². The van der Waals surface area contributed by atoms with E-state index in [-0.39, 0.29) is 0 Å². The maximum atomic E-state index is 4.28. The molecule has 84 valence electrons. The summed E-state index contributed by atoms with van der Waals surface area (Å²) in [6.07, 6.45) is 6.23. The maximum Gasteiger partial charge on any atom is 0.222 e. The normalized spacial score (nSPS) is 10.4. The second kappa shape index (κ2) is 5.07. The summed E-state index contributed by atoms with van der Waals surface area (Å²) < 4.78 is 2.67. The van der Waals surface area contributed by atoms with E-state index in [0.717, 1.165) is 23.1 Å². The van der Waals surface area contributed by atoms with Crippen LogP contribution < -0.4 is 5.32 Å². The Labute approximate surface area is 102 Å². The fraction of sp³-hybridized carbons (Fsp3) is 0.300. The molecular formula is C10H12BrN5. The number of hydrogen-bond acceptors (Lipinski definition) is 4. The van der Waals surface area contributed by atoms with E-state index in [0.29, 0.717) is 5.95 Å². The lowest BCUT2D eigenvalue weighted by Crippen LogP contribution is -2.08. The van der Waals surface area contributed by atoms with Gasteiger partial charge in [-0.25, -0.2) is 9.97 Å². The van der Waals surface area contributed by atoms with Crippen molar-refractivity contribution in [2.24, 2.45) is 7.05 Å². The molecule has 2 aromatic heterocycles. The molecule has 2 rings (SSSR count). The zero-order valence-corrected chi connectivity index (χ0v) is 10.5. The van der Waals surface area contributed by atoms with Crippen molar-refractivity contribution < 1.29 is 0 Å². The molecule has 0 aliphatic carbocycles. The first-order valence-corrected chi connectivity index (χ1v) is 5.73. The molecule has 1 N–H and O–H groups in total. The number of anilines is 1. The highest BCUT2D eigenvalue weighted by Crippen LogP contribution is 2.06. The van der Waals surface area contributed by atoms with E-state index in [2.05, 4.69) is 36.3 Å². The molecule has 0 bridgehead atoms. The minimum absolute atomic E-state index is 0.638. The van der Waals surface area contributed by atoms with Crippen LogP contribution in [0.25, 0.3) is 0 Å². The van der Waals surface area contributed by atoms with Gasteiger partial charge in [-0.2, -0.15) is 5.10 Å². The van der Waals surface area contributed by atoms with Crippen LogP contribution >= 0.6 is 15.9 Å². The second-order valence-electron chi connectivity index (χ2n) is 3.38. The van der Waals surface area contributed by atoms with Crippen LogP contribution in [-0.2, 0) is 13.5 Å². The van der Waals surface area contributed by atoms with Gasteiger partial charge in [-0.05, 0) is 22.0 Å². The van der Waals surface area contributed by atoms with Gasteiger partial charge in [0.05, 0.1) is 10.2 Å². The Morgan fingerprint density at radius 3 is 2.75 bits per heavy atom. The zero-order valence-electron chi connectivity index (χ0n) is 8.89. The number of halogens is 1. The van der Waals surface area contributed by atoms with Gasteiger partial charge in [-0.15, -0.1) is 0 Å². The number of nitrogens with zero attached hydrogens (tertiary/aromatic N) is 4. The van der Waals surface area contributed by atoms with E-state index >= 15 is 0 Å². The Morgan fingerprint density at radius 1 is 1.38 bits per heavy atom. The number of hydrogen-bond donors (Lipinski definition) is 1. The smallest absolute Gasteiger partial charge is 0.222 e. The Hall–Kier alpha value is -1.43. The first-order chi connectivity index (χ1) is 7.74. The highest BCUT2D eigenvalue weighted by molar-refractivity contribution is 9.10.